The zero-order valence-electron chi connectivity index (χ0n) is 10.5. The molecule has 0 aromatic carbocycles. The molecule has 19 heavy (non-hydrogen) atoms. The highest BCUT2D eigenvalue weighted by molar-refractivity contribution is 5.89. The van der Waals surface area contributed by atoms with E-state index in [0.29, 0.717) is 24.2 Å². The average Bonchev–Trinajstić information content (AvgIpc) is 2.83. The number of aromatic nitrogens is 1. The molecular formula is C14H13N3O2. The molecule has 0 aliphatic heterocycles. The minimum atomic E-state index is -0.133. The van der Waals surface area contributed by atoms with Crippen molar-refractivity contribution >= 4 is 11.7 Å². The van der Waals surface area contributed by atoms with Gasteiger partial charge in [-0.05, 0) is 31.2 Å². The highest BCUT2D eigenvalue weighted by atomic mass is 16.3. The number of nitriles is 1. The minimum absolute atomic E-state index is 0.133. The van der Waals surface area contributed by atoms with Crippen LogP contribution in [0.25, 0.3) is 0 Å². The molecule has 0 fully saturated rings. The van der Waals surface area contributed by atoms with Crippen LogP contribution in [0.5, 0.6) is 0 Å². The Balaban J connectivity index is 1.85. The third-order valence-corrected chi connectivity index (χ3v) is 2.55. The van der Waals surface area contributed by atoms with Gasteiger partial charge in [0.15, 0.2) is 0 Å². The smallest absolute Gasteiger partial charge is 0.225 e. The largest absolute Gasteiger partial charge is 0.466 e. The molecule has 0 radical (unpaired) electrons. The van der Waals surface area contributed by atoms with Gasteiger partial charge in [0, 0.05) is 19.0 Å². The topological polar surface area (TPSA) is 78.9 Å². The Morgan fingerprint density at radius 2 is 2.26 bits per heavy atom. The fourth-order valence-corrected chi connectivity index (χ4v) is 1.60. The highest BCUT2D eigenvalue weighted by Gasteiger charge is 2.06. The molecule has 2 aromatic heterocycles. The van der Waals surface area contributed by atoms with E-state index >= 15 is 0 Å². The van der Waals surface area contributed by atoms with Crippen molar-refractivity contribution in [3.63, 3.8) is 0 Å². The van der Waals surface area contributed by atoms with Crippen LogP contribution in [0.15, 0.2) is 34.9 Å². The molecule has 0 aliphatic rings. The van der Waals surface area contributed by atoms with Crippen molar-refractivity contribution in [3.05, 3.63) is 47.5 Å². The average molecular weight is 255 g/mol. The summed E-state index contributed by atoms with van der Waals surface area (Å²) in [6.45, 7) is 1.87. The summed E-state index contributed by atoms with van der Waals surface area (Å²) in [6.07, 6.45) is 2.30. The van der Waals surface area contributed by atoms with Crippen molar-refractivity contribution in [2.45, 2.75) is 19.8 Å². The van der Waals surface area contributed by atoms with Crippen molar-refractivity contribution in [1.82, 2.24) is 4.98 Å². The molecule has 2 aromatic rings. The number of carbonyl (C=O) groups is 1. The normalized spacial score (nSPS) is 9.89. The summed E-state index contributed by atoms with van der Waals surface area (Å²) in [5.41, 5.74) is 0.462. The number of anilines is 1. The number of nitrogens with one attached hydrogen (secondary N) is 1. The zero-order chi connectivity index (χ0) is 13.7. The van der Waals surface area contributed by atoms with E-state index in [2.05, 4.69) is 10.3 Å². The molecule has 0 saturated carbocycles. The summed E-state index contributed by atoms with van der Waals surface area (Å²) >= 11 is 0. The van der Waals surface area contributed by atoms with Gasteiger partial charge in [0.05, 0.1) is 5.56 Å². The van der Waals surface area contributed by atoms with Gasteiger partial charge in [-0.3, -0.25) is 4.79 Å². The van der Waals surface area contributed by atoms with Crippen LogP contribution >= 0.6 is 0 Å². The number of pyridine rings is 1. The Morgan fingerprint density at radius 3 is 2.84 bits per heavy atom. The van der Waals surface area contributed by atoms with Gasteiger partial charge in [0.1, 0.15) is 23.4 Å². The van der Waals surface area contributed by atoms with E-state index in [-0.39, 0.29) is 5.91 Å². The summed E-state index contributed by atoms with van der Waals surface area (Å²) in [4.78, 5) is 15.7. The molecule has 2 rings (SSSR count). The second kappa shape index (κ2) is 5.83. The number of carbonyl (C=O) groups excluding carboxylic acids is 1. The lowest BCUT2D eigenvalue weighted by Gasteiger charge is -2.03. The van der Waals surface area contributed by atoms with Crippen LogP contribution in [0.1, 0.15) is 23.5 Å². The van der Waals surface area contributed by atoms with Crippen molar-refractivity contribution < 1.29 is 9.21 Å². The lowest BCUT2D eigenvalue weighted by Crippen LogP contribution is -2.13. The van der Waals surface area contributed by atoms with Crippen LogP contribution in [0.3, 0.4) is 0 Å². The van der Waals surface area contributed by atoms with Crippen LogP contribution in [-0.2, 0) is 11.2 Å². The Labute approximate surface area is 110 Å². The molecule has 0 bridgehead atoms. The fourth-order valence-electron chi connectivity index (χ4n) is 1.60. The number of hydrogen-bond donors (Lipinski definition) is 1. The van der Waals surface area contributed by atoms with Gasteiger partial charge in [0.25, 0.3) is 0 Å². The Hall–Kier alpha value is -2.61. The van der Waals surface area contributed by atoms with Gasteiger partial charge >= 0.3 is 0 Å². The highest BCUT2D eigenvalue weighted by Crippen LogP contribution is 2.10. The number of nitrogens with zero attached hydrogens (tertiary/aromatic N) is 2. The summed E-state index contributed by atoms with van der Waals surface area (Å²) in [6, 6.07) is 8.92. The van der Waals surface area contributed by atoms with E-state index in [4.69, 9.17) is 9.68 Å². The monoisotopic (exact) mass is 255 g/mol. The molecule has 0 atom stereocenters. The van der Waals surface area contributed by atoms with Crippen molar-refractivity contribution in [2.75, 3.05) is 5.32 Å². The number of amides is 1. The first-order valence-electron chi connectivity index (χ1n) is 5.88. The summed E-state index contributed by atoms with van der Waals surface area (Å²) in [5.74, 6) is 1.94. The lowest BCUT2D eigenvalue weighted by molar-refractivity contribution is -0.116. The number of furan rings is 1. The van der Waals surface area contributed by atoms with Crippen LogP contribution in [0, 0.1) is 18.3 Å². The molecule has 1 N–H and O–H groups in total. The van der Waals surface area contributed by atoms with Crippen molar-refractivity contribution in [3.8, 4) is 6.07 Å². The molecule has 96 valence electrons. The Kier molecular flexibility index (Phi) is 3.94. The van der Waals surface area contributed by atoms with Gasteiger partial charge in [-0.25, -0.2) is 4.98 Å². The predicted octanol–water partition coefficient (Wildman–Crippen LogP) is 2.43. The van der Waals surface area contributed by atoms with E-state index in [1.807, 2.05) is 25.1 Å². The third-order valence-electron chi connectivity index (χ3n) is 2.55. The minimum Gasteiger partial charge on any atom is -0.466 e. The summed E-state index contributed by atoms with van der Waals surface area (Å²) in [5, 5.41) is 11.3. The molecule has 5 nitrogen and oxygen atoms in total. The van der Waals surface area contributed by atoms with Gasteiger partial charge in [-0.1, -0.05) is 0 Å². The predicted molar refractivity (Wildman–Crippen MR) is 69.3 cm³/mol. The first kappa shape index (κ1) is 12.8. The molecule has 1 amide bonds. The molecule has 0 unspecified atom stereocenters. The second-order valence-corrected chi connectivity index (χ2v) is 4.10. The van der Waals surface area contributed by atoms with Gasteiger partial charge in [-0.2, -0.15) is 5.26 Å². The maximum Gasteiger partial charge on any atom is 0.225 e. The maximum absolute atomic E-state index is 11.7. The van der Waals surface area contributed by atoms with Crippen LogP contribution in [-0.4, -0.2) is 10.9 Å². The van der Waals surface area contributed by atoms with E-state index < -0.39 is 0 Å². The second-order valence-electron chi connectivity index (χ2n) is 4.10. The number of hydrogen-bond acceptors (Lipinski definition) is 4. The fraction of sp³-hybridized carbons (Fsp3) is 0.214. The van der Waals surface area contributed by atoms with Crippen LogP contribution in [0.2, 0.25) is 0 Å². The SMILES string of the molecule is Cc1ccc(CCC(=O)Nc2ccc(C#N)cn2)o1. The zero-order valence-corrected chi connectivity index (χ0v) is 10.5. The van der Waals surface area contributed by atoms with E-state index in [1.165, 1.54) is 6.20 Å². The summed E-state index contributed by atoms with van der Waals surface area (Å²) in [7, 11) is 0. The molecular weight excluding hydrogens is 242 g/mol. The van der Waals surface area contributed by atoms with Gasteiger partial charge in [0.2, 0.25) is 5.91 Å². The quantitative estimate of drug-likeness (QED) is 0.909. The summed E-state index contributed by atoms with van der Waals surface area (Å²) < 4.78 is 5.38. The molecule has 0 aliphatic carbocycles. The Morgan fingerprint density at radius 1 is 1.42 bits per heavy atom. The number of aryl methyl sites for hydroxylation is 2. The molecule has 5 heteroatoms. The van der Waals surface area contributed by atoms with Crippen LogP contribution < -0.4 is 5.32 Å². The number of rotatable bonds is 4. The molecule has 0 saturated heterocycles. The van der Waals surface area contributed by atoms with E-state index in [1.54, 1.807) is 12.1 Å². The van der Waals surface area contributed by atoms with E-state index in [0.717, 1.165) is 11.5 Å². The van der Waals surface area contributed by atoms with Crippen LogP contribution in [0.4, 0.5) is 5.82 Å². The maximum atomic E-state index is 11.7. The first-order valence-corrected chi connectivity index (χ1v) is 5.88. The van der Waals surface area contributed by atoms with E-state index in [9.17, 15) is 4.79 Å². The first-order chi connectivity index (χ1) is 9.17. The Bertz CT molecular complexity index is 608. The van der Waals surface area contributed by atoms with Gasteiger partial charge < -0.3 is 9.73 Å². The van der Waals surface area contributed by atoms with Crippen molar-refractivity contribution in [2.24, 2.45) is 0 Å². The molecule has 2 heterocycles. The third kappa shape index (κ3) is 3.68. The standard InChI is InChI=1S/C14H13N3O2/c1-10-2-4-12(19-10)5-7-14(18)17-13-6-3-11(8-15)9-16-13/h2-4,6,9H,5,7H2,1H3,(H,16,17,18). The lowest BCUT2D eigenvalue weighted by atomic mass is 10.2. The molecule has 0 spiro atoms. The van der Waals surface area contributed by atoms with Gasteiger partial charge in [-0.15, -0.1) is 0 Å². The van der Waals surface area contributed by atoms with Crippen molar-refractivity contribution in [1.29, 1.82) is 5.26 Å².